The van der Waals surface area contributed by atoms with Crippen molar-refractivity contribution in [2.24, 2.45) is 0 Å². The molecule has 0 fully saturated rings. The van der Waals surface area contributed by atoms with Gasteiger partial charge >= 0.3 is 0 Å². The van der Waals surface area contributed by atoms with E-state index in [4.69, 9.17) is 25.8 Å². The highest BCUT2D eigenvalue weighted by Crippen LogP contribution is 2.45. The van der Waals surface area contributed by atoms with Crippen molar-refractivity contribution in [2.45, 2.75) is 6.04 Å². The average Bonchev–Trinajstić information content (AvgIpc) is 3.37. The van der Waals surface area contributed by atoms with Crippen LogP contribution in [-0.2, 0) is 0 Å². The lowest BCUT2D eigenvalue weighted by atomic mass is 9.99. The van der Waals surface area contributed by atoms with Crippen molar-refractivity contribution < 1.29 is 19.0 Å². The van der Waals surface area contributed by atoms with E-state index in [9.17, 15) is 4.79 Å². The Bertz CT molecular complexity index is 1470. The second-order valence-electron chi connectivity index (χ2n) is 8.25. The summed E-state index contributed by atoms with van der Waals surface area (Å²) >= 11 is 6.13. The molecule has 1 amide bonds. The van der Waals surface area contributed by atoms with Gasteiger partial charge in [-0.1, -0.05) is 41.9 Å². The Morgan fingerprint density at radius 3 is 2.35 bits per heavy atom. The largest absolute Gasteiger partial charge is 0.493 e. The summed E-state index contributed by atoms with van der Waals surface area (Å²) in [4.78, 5) is 13.3. The number of anilines is 2. The number of nitrogens with one attached hydrogen (secondary N) is 2. The number of fused-ring (bicyclic) bond motifs is 1. The van der Waals surface area contributed by atoms with E-state index in [1.807, 2.05) is 72.8 Å². The topological polar surface area (TPSA) is 86.6 Å². The Morgan fingerprint density at radius 2 is 1.68 bits per heavy atom. The van der Waals surface area contributed by atoms with Crippen LogP contribution < -0.4 is 24.8 Å². The van der Waals surface area contributed by atoms with Crippen LogP contribution >= 0.6 is 11.6 Å². The van der Waals surface area contributed by atoms with Crippen LogP contribution in [0.15, 0.2) is 79.0 Å². The molecule has 1 aromatic heterocycles. The smallest absolute Gasteiger partial charge is 0.261 e. The Morgan fingerprint density at radius 1 is 0.946 bits per heavy atom. The minimum Gasteiger partial charge on any atom is -0.493 e. The Kier molecular flexibility index (Phi) is 6.74. The first kappa shape index (κ1) is 24.3. The highest BCUT2D eigenvalue weighted by molar-refractivity contribution is 6.30. The van der Waals surface area contributed by atoms with E-state index in [1.54, 1.807) is 32.2 Å². The van der Waals surface area contributed by atoms with Crippen molar-refractivity contribution in [1.82, 2.24) is 9.78 Å². The molecule has 37 heavy (non-hydrogen) atoms. The first-order valence-corrected chi connectivity index (χ1v) is 11.9. The molecule has 3 aromatic carbocycles. The van der Waals surface area contributed by atoms with Crippen molar-refractivity contribution in [3.63, 3.8) is 0 Å². The SMILES string of the molecule is COc1ccc([C@@H]2C=C(c3ccc(Cl)cc3)Nc3c(C(=O)Nc4ccccc4)cnn32)c(OC)c1OC. The molecule has 1 aliphatic rings. The fraction of sp³-hybridized carbons (Fsp3) is 0.143. The molecule has 0 saturated carbocycles. The maximum Gasteiger partial charge on any atom is 0.261 e. The van der Waals surface area contributed by atoms with Gasteiger partial charge in [-0.15, -0.1) is 0 Å². The minimum absolute atomic E-state index is 0.282. The van der Waals surface area contributed by atoms with Crippen LogP contribution in [0.3, 0.4) is 0 Å². The number of benzene rings is 3. The molecule has 0 aliphatic carbocycles. The molecule has 5 rings (SSSR count). The molecule has 1 atom stereocenters. The molecule has 0 radical (unpaired) electrons. The third-order valence-electron chi connectivity index (χ3n) is 6.12. The van der Waals surface area contributed by atoms with Crippen molar-refractivity contribution >= 4 is 34.7 Å². The maximum atomic E-state index is 13.3. The van der Waals surface area contributed by atoms with Gasteiger partial charge in [0.25, 0.3) is 5.91 Å². The van der Waals surface area contributed by atoms with E-state index in [1.165, 1.54) is 0 Å². The summed E-state index contributed by atoms with van der Waals surface area (Å²) < 4.78 is 18.6. The maximum absolute atomic E-state index is 13.3. The number of hydrogen-bond donors (Lipinski definition) is 2. The van der Waals surface area contributed by atoms with Crippen molar-refractivity contribution in [3.05, 3.63) is 101 Å². The summed E-state index contributed by atoms with van der Waals surface area (Å²) in [5.41, 5.74) is 3.56. The second kappa shape index (κ2) is 10.3. The zero-order valence-corrected chi connectivity index (χ0v) is 21.2. The zero-order valence-electron chi connectivity index (χ0n) is 20.5. The summed E-state index contributed by atoms with van der Waals surface area (Å²) in [6.45, 7) is 0. The number of halogens is 1. The van der Waals surface area contributed by atoms with Crippen molar-refractivity contribution in [2.75, 3.05) is 32.0 Å². The van der Waals surface area contributed by atoms with Crippen molar-refractivity contribution in [3.8, 4) is 17.2 Å². The third-order valence-corrected chi connectivity index (χ3v) is 6.37. The van der Waals surface area contributed by atoms with Crippen LogP contribution in [0.4, 0.5) is 11.5 Å². The number of aromatic nitrogens is 2. The standard InChI is InChI=1S/C28H25ClN4O4/c1-35-24-14-13-20(25(36-2)26(24)37-3)23-15-22(17-9-11-18(29)12-10-17)32-27-21(16-30-33(23)27)28(34)31-19-7-5-4-6-8-19/h4-16,23,32H,1-3H3,(H,31,34)/t23-/m0/s1. The number of rotatable bonds is 7. The number of hydrogen-bond acceptors (Lipinski definition) is 6. The van der Waals surface area contributed by atoms with Crippen molar-refractivity contribution in [1.29, 1.82) is 0 Å². The van der Waals surface area contributed by atoms with E-state index >= 15 is 0 Å². The van der Waals surface area contributed by atoms with Gasteiger partial charge in [-0.2, -0.15) is 5.10 Å². The summed E-state index contributed by atoms with van der Waals surface area (Å²) in [6.07, 6.45) is 3.57. The Balaban J connectivity index is 1.64. The van der Waals surface area contributed by atoms with Crippen LogP contribution in [0.1, 0.15) is 27.5 Å². The van der Waals surface area contributed by atoms with Crippen LogP contribution in [0.25, 0.3) is 5.70 Å². The van der Waals surface area contributed by atoms with Gasteiger partial charge in [0, 0.05) is 22.0 Å². The molecular weight excluding hydrogens is 492 g/mol. The fourth-order valence-electron chi connectivity index (χ4n) is 4.36. The first-order chi connectivity index (χ1) is 18.0. The van der Waals surface area contributed by atoms with Gasteiger partial charge in [-0.25, -0.2) is 4.68 Å². The van der Waals surface area contributed by atoms with Crippen LogP contribution in [0.5, 0.6) is 17.2 Å². The molecule has 188 valence electrons. The number of carbonyl (C=O) groups excluding carboxylic acids is 1. The predicted molar refractivity (Wildman–Crippen MR) is 144 cm³/mol. The summed E-state index contributed by atoms with van der Waals surface area (Å²) in [5.74, 6) is 1.79. The zero-order chi connectivity index (χ0) is 25.9. The van der Waals surface area contributed by atoms with E-state index in [-0.39, 0.29) is 5.91 Å². The van der Waals surface area contributed by atoms with Gasteiger partial charge in [0.2, 0.25) is 5.75 Å². The van der Waals surface area contributed by atoms with Gasteiger partial charge in [0.05, 0.1) is 27.5 Å². The Hall–Kier alpha value is -4.43. The van der Waals surface area contributed by atoms with Crippen LogP contribution in [0, 0.1) is 0 Å². The number of allylic oxidation sites excluding steroid dienone is 1. The molecule has 0 bridgehead atoms. The van der Waals surface area contributed by atoms with Gasteiger partial charge in [0.15, 0.2) is 11.5 Å². The average molecular weight is 517 g/mol. The summed E-state index contributed by atoms with van der Waals surface area (Å²) in [6, 6.07) is 20.1. The van der Waals surface area contributed by atoms with Gasteiger partial charge in [-0.05, 0) is 48.0 Å². The van der Waals surface area contributed by atoms with Gasteiger partial charge < -0.3 is 24.8 Å². The van der Waals surface area contributed by atoms with Gasteiger partial charge in [-0.3, -0.25) is 4.79 Å². The van der Waals surface area contributed by atoms with E-state index in [0.29, 0.717) is 39.3 Å². The molecule has 2 heterocycles. The summed E-state index contributed by atoms with van der Waals surface area (Å²) in [5, 5.41) is 11.6. The lowest BCUT2D eigenvalue weighted by Crippen LogP contribution is -2.22. The van der Waals surface area contributed by atoms with E-state index < -0.39 is 6.04 Å². The highest BCUT2D eigenvalue weighted by Gasteiger charge is 2.31. The number of amides is 1. The van der Waals surface area contributed by atoms with E-state index in [2.05, 4.69) is 15.7 Å². The van der Waals surface area contributed by atoms with E-state index in [0.717, 1.165) is 16.8 Å². The molecule has 0 unspecified atom stereocenters. The first-order valence-electron chi connectivity index (χ1n) is 11.5. The molecule has 4 aromatic rings. The molecule has 0 spiro atoms. The highest BCUT2D eigenvalue weighted by atomic mass is 35.5. The molecule has 1 aliphatic heterocycles. The number of methoxy groups -OCH3 is 3. The lowest BCUT2D eigenvalue weighted by molar-refractivity contribution is 0.102. The van der Waals surface area contributed by atoms with Crippen LogP contribution in [-0.4, -0.2) is 37.0 Å². The lowest BCUT2D eigenvalue weighted by Gasteiger charge is -2.28. The van der Waals surface area contributed by atoms with Gasteiger partial charge in [0.1, 0.15) is 17.4 Å². The number of carbonyl (C=O) groups is 1. The quantitative estimate of drug-likeness (QED) is 0.319. The number of para-hydroxylation sites is 1. The summed E-state index contributed by atoms with van der Waals surface area (Å²) in [7, 11) is 4.71. The second-order valence-corrected chi connectivity index (χ2v) is 8.69. The molecule has 9 heteroatoms. The fourth-order valence-corrected chi connectivity index (χ4v) is 4.48. The number of nitrogens with zero attached hydrogens (tertiary/aromatic N) is 2. The monoisotopic (exact) mass is 516 g/mol. The van der Waals surface area contributed by atoms with Crippen LogP contribution in [0.2, 0.25) is 5.02 Å². The molecule has 8 nitrogen and oxygen atoms in total. The number of ether oxygens (including phenoxy) is 3. The molecule has 2 N–H and O–H groups in total. The minimum atomic E-state index is -0.421. The molecule has 0 saturated heterocycles. The Labute approximate surface area is 219 Å². The normalized spacial score (nSPS) is 14.2. The molecular formula is C28H25ClN4O4. The predicted octanol–water partition coefficient (Wildman–Crippen LogP) is 5.87. The third kappa shape index (κ3) is 4.59.